The highest BCUT2D eigenvalue weighted by atomic mass is 19.4. The molecule has 0 saturated carbocycles. The second-order valence-corrected chi connectivity index (χ2v) is 6.65. The van der Waals surface area contributed by atoms with E-state index in [2.05, 4.69) is 14.7 Å². The topological polar surface area (TPSA) is 141 Å². The SMILES string of the molecule is COC(=O)C[C@H]1O[C@@H](n2c(=O)n(CC(F)(F)F)c3cnc(N)nc32)[C@H](OC(C)=O)[C@@H]1F. The van der Waals surface area contributed by atoms with Gasteiger partial charge in [-0.25, -0.2) is 18.7 Å². The number of hydrogen-bond donors (Lipinski definition) is 1. The molecule has 170 valence electrons. The minimum atomic E-state index is -4.79. The van der Waals surface area contributed by atoms with E-state index in [0.717, 1.165) is 20.2 Å². The summed E-state index contributed by atoms with van der Waals surface area (Å²) < 4.78 is 69.8. The fourth-order valence-electron chi connectivity index (χ4n) is 3.26. The number of esters is 2. The molecular weight excluding hydrogens is 434 g/mol. The summed E-state index contributed by atoms with van der Waals surface area (Å²) in [4.78, 5) is 43.3. The van der Waals surface area contributed by atoms with Crippen molar-refractivity contribution >= 4 is 29.1 Å². The number of carbonyl (C=O) groups excluding carboxylic acids is 2. The molecule has 3 heterocycles. The number of alkyl halides is 4. The molecule has 2 aromatic heterocycles. The molecule has 1 aliphatic heterocycles. The summed E-state index contributed by atoms with van der Waals surface area (Å²) in [5.41, 5.74) is 3.48. The lowest BCUT2D eigenvalue weighted by molar-refractivity contribution is -0.154. The number of fused-ring (bicyclic) bond motifs is 1. The molecule has 0 amide bonds. The number of methoxy groups -OCH3 is 1. The standard InChI is InChI=1S/C16H17F4N5O6/c1-6(26)30-11-10(17)8(3-9(27)29-2)31-13(11)25-12-7(4-22-14(21)23-12)24(15(25)28)5-16(18,19)20/h4,8,10-11,13H,3,5H2,1-2H3,(H2,21,22,23)/t8-,10-,11-,13-/m1/s1. The number of nitrogens with two attached hydrogens (primary N) is 1. The van der Waals surface area contributed by atoms with Crippen LogP contribution in [0, 0.1) is 0 Å². The van der Waals surface area contributed by atoms with Gasteiger partial charge >= 0.3 is 23.8 Å². The van der Waals surface area contributed by atoms with Gasteiger partial charge in [-0.2, -0.15) is 18.2 Å². The Balaban J connectivity index is 2.16. The number of imidazole rings is 1. The van der Waals surface area contributed by atoms with E-state index in [1.165, 1.54) is 0 Å². The molecule has 0 bridgehead atoms. The van der Waals surface area contributed by atoms with E-state index >= 15 is 0 Å². The van der Waals surface area contributed by atoms with E-state index in [9.17, 15) is 31.9 Å². The first-order valence-corrected chi connectivity index (χ1v) is 8.76. The van der Waals surface area contributed by atoms with Gasteiger partial charge in [0, 0.05) is 6.92 Å². The summed E-state index contributed by atoms with van der Waals surface area (Å²) in [7, 11) is 1.06. The fraction of sp³-hybridized carbons (Fsp3) is 0.562. The summed E-state index contributed by atoms with van der Waals surface area (Å²) >= 11 is 0. The number of ether oxygens (including phenoxy) is 3. The van der Waals surface area contributed by atoms with Crippen LogP contribution in [0.3, 0.4) is 0 Å². The lowest BCUT2D eigenvalue weighted by Gasteiger charge is -2.19. The predicted octanol–water partition coefficient (Wildman–Crippen LogP) is 0.468. The Morgan fingerprint density at radius 1 is 1.35 bits per heavy atom. The maximum atomic E-state index is 15.0. The second kappa shape index (κ2) is 8.13. The first-order chi connectivity index (χ1) is 14.4. The summed E-state index contributed by atoms with van der Waals surface area (Å²) in [6.07, 6.45) is -11.6. The average molecular weight is 451 g/mol. The Bertz CT molecular complexity index is 1070. The summed E-state index contributed by atoms with van der Waals surface area (Å²) in [6.45, 7) is -0.731. The first-order valence-electron chi connectivity index (χ1n) is 8.76. The molecule has 1 saturated heterocycles. The van der Waals surface area contributed by atoms with Gasteiger partial charge in [-0.3, -0.25) is 14.2 Å². The Kier molecular flexibility index (Phi) is 5.89. The number of anilines is 1. The van der Waals surface area contributed by atoms with Crippen molar-refractivity contribution in [1.82, 2.24) is 19.1 Å². The van der Waals surface area contributed by atoms with Gasteiger partial charge in [0.1, 0.15) is 18.2 Å². The van der Waals surface area contributed by atoms with Crippen molar-refractivity contribution in [2.45, 2.75) is 50.7 Å². The summed E-state index contributed by atoms with van der Waals surface area (Å²) in [5, 5.41) is 0. The maximum absolute atomic E-state index is 15.0. The van der Waals surface area contributed by atoms with Crippen molar-refractivity contribution in [3.05, 3.63) is 16.7 Å². The van der Waals surface area contributed by atoms with Gasteiger partial charge in [-0.05, 0) is 0 Å². The molecular formula is C16H17F4N5O6. The van der Waals surface area contributed by atoms with Crippen LogP contribution in [0.15, 0.2) is 11.0 Å². The molecule has 0 unspecified atom stereocenters. The molecule has 31 heavy (non-hydrogen) atoms. The van der Waals surface area contributed by atoms with E-state index < -0.39 is 67.0 Å². The molecule has 1 aliphatic rings. The minimum absolute atomic E-state index is 0.309. The predicted molar refractivity (Wildman–Crippen MR) is 93.2 cm³/mol. The quantitative estimate of drug-likeness (QED) is 0.507. The largest absolute Gasteiger partial charge is 0.469 e. The summed E-state index contributed by atoms with van der Waals surface area (Å²) in [5.74, 6) is -2.18. The molecule has 1 fully saturated rings. The van der Waals surface area contributed by atoms with Gasteiger partial charge in [0.25, 0.3) is 0 Å². The molecule has 0 aliphatic carbocycles. The number of nitrogens with zero attached hydrogens (tertiary/aromatic N) is 4. The van der Waals surface area contributed by atoms with Crippen LogP contribution < -0.4 is 11.4 Å². The molecule has 15 heteroatoms. The number of hydrogen-bond acceptors (Lipinski definition) is 9. The van der Waals surface area contributed by atoms with Crippen molar-refractivity contribution in [3.8, 4) is 0 Å². The fourth-order valence-corrected chi connectivity index (χ4v) is 3.26. The van der Waals surface area contributed by atoms with Crippen LogP contribution in [0.1, 0.15) is 19.6 Å². The average Bonchev–Trinajstić information content (AvgIpc) is 3.08. The Hall–Kier alpha value is -3.23. The van der Waals surface area contributed by atoms with Gasteiger partial charge in [-0.1, -0.05) is 0 Å². The first kappa shape index (κ1) is 22.5. The Labute approximate surface area is 170 Å². The molecule has 0 spiro atoms. The number of halogens is 4. The molecule has 4 atom stereocenters. The third kappa shape index (κ3) is 4.45. The van der Waals surface area contributed by atoms with Crippen LogP contribution in [0.4, 0.5) is 23.5 Å². The van der Waals surface area contributed by atoms with Crippen LogP contribution in [-0.4, -0.2) is 62.7 Å². The van der Waals surface area contributed by atoms with E-state index in [4.69, 9.17) is 15.2 Å². The highest BCUT2D eigenvalue weighted by Gasteiger charge is 2.50. The molecule has 2 N–H and O–H groups in total. The number of nitrogen functional groups attached to an aromatic ring is 1. The van der Waals surface area contributed by atoms with Gasteiger partial charge in [0.05, 0.1) is 19.7 Å². The maximum Gasteiger partial charge on any atom is 0.406 e. The lowest BCUT2D eigenvalue weighted by atomic mass is 10.1. The number of aromatic nitrogens is 4. The van der Waals surface area contributed by atoms with E-state index in [0.29, 0.717) is 9.13 Å². The molecule has 2 aromatic rings. The zero-order chi connectivity index (χ0) is 23.1. The zero-order valence-electron chi connectivity index (χ0n) is 16.1. The Morgan fingerprint density at radius 2 is 2.03 bits per heavy atom. The van der Waals surface area contributed by atoms with Crippen molar-refractivity contribution < 1.29 is 41.4 Å². The third-order valence-corrected chi connectivity index (χ3v) is 4.48. The van der Waals surface area contributed by atoms with Crippen LogP contribution in [-0.2, 0) is 30.3 Å². The highest BCUT2D eigenvalue weighted by Crippen LogP contribution is 2.36. The van der Waals surface area contributed by atoms with Crippen LogP contribution in [0.5, 0.6) is 0 Å². The minimum Gasteiger partial charge on any atom is -0.469 e. The number of rotatable bonds is 5. The monoisotopic (exact) mass is 451 g/mol. The molecule has 3 rings (SSSR count). The van der Waals surface area contributed by atoms with Crippen LogP contribution in [0.2, 0.25) is 0 Å². The van der Waals surface area contributed by atoms with E-state index in [1.54, 1.807) is 0 Å². The van der Waals surface area contributed by atoms with Gasteiger partial charge in [0.15, 0.2) is 24.2 Å². The Morgan fingerprint density at radius 3 is 2.61 bits per heavy atom. The van der Waals surface area contributed by atoms with Crippen molar-refractivity contribution in [1.29, 1.82) is 0 Å². The summed E-state index contributed by atoms with van der Waals surface area (Å²) in [6, 6.07) is 0. The molecule has 0 radical (unpaired) electrons. The van der Waals surface area contributed by atoms with Crippen molar-refractivity contribution in [3.63, 3.8) is 0 Å². The van der Waals surface area contributed by atoms with Gasteiger partial charge < -0.3 is 19.9 Å². The zero-order valence-corrected chi connectivity index (χ0v) is 16.1. The highest BCUT2D eigenvalue weighted by molar-refractivity contribution is 5.72. The van der Waals surface area contributed by atoms with Crippen LogP contribution in [0.25, 0.3) is 11.2 Å². The van der Waals surface area contributed by atoms with Crippen molar-refractivity contribution in [2.75, 3.05) is 12.8 Å². The smallest absolute Gasteiger partial charge is 0.406 e. The normalized spacial score (nSPS) is 23.8. The van der Waals surface area contributed by atoms with E-state index in [-0.39, 0.29) is 11.5 Å². The van der Waals surface area contributed by atoms with Crippen molar-refractivity contribution in [2.24, 2.45) is 0 Å². The second-order valence-electron chi connectivity index (χ2n) is 6.65. The van der Waals surface area contributed by atoms with Gasteiger partial charge in [0.2, 0.25) is 5.95 Å². The lowest BCUT2D eigenvalue weighted by Crippen LogP contribution is -2.38. The number of carbonyl (C=O) groups is 2. The molecule has 0 aromatic carbocycles. The van der Waals surface area contributed by atoms with Crippen LogP contribution >= 0.6 is 0 Å². The van der Waals surface area contributed by atoms with Gasteiger partial charge in [-0.15, -0.1) is 0 Å². The van der Waals surface area contributed by atoms with E-state index in [1.807, 2.05) is 0 Å². The molecule has 11 nitrogen and oxygen atoms in total. The third-order valence-electron chi connectivity index (χ3n) is 4.48.